The maximum Gasteiger partial charge on any atom is 0.219 e. The summed E-state index contributed by atoms with van der Waals surface area (Å²) >= 11 is 0. The summed E-state index contributed by atoms with van der Waals surface area (Å²) in [6.45, 7) is 4.32. The third-order valence-electron chi connectivity index (χ3n) is 5.71. The van der Waals surface area contributed by atoms with E-state index in [-0.39, 0.29) is 11.7 Å². The Bertz CT molecular complexity index is 618. The SMILES string of the molecule is CC(=O)N1CCC(CCC(=O)c2ccc3c(c2)NCCCCC3)CC1. The van der Waals surface area contributed by atoms with Crippen molar-refractivity contribution in [1.29, 1.82) is 0 Å². The maximum atomic E-state index is 12.6. The number of Topliss-reactive ketones (excluding diaryl/α,β-unsaturated/α-hetero) is 1. The van der Waals surface area contributed by atoms with Crippen LogP contribution in [0.3, 0.4) is 0 Å². The van der Waals surface area contributed by atoms with E-state index >= 15 is 0 Å². The third kappa shape index (κ3) is 4.83. The van der Waals surface area contributed by atoms with Gasteiger partial charge in [-0.15, -0.1) is 0 Å². The van der Waals surface area contributed by atoms with Crippen molar-refractivity contribution in [3.63, 3.8) is 0 Å². The first-order chi connectivity index (χ1) is 12.1. The van der Waals surface area contributed by atoms with Gasteiger partial charge in [0, 0.05) is 44.2 Å². The van der Waals surface area contributed by atoms with Crippen LogP contribution in [0.4, 0.5) is 5.69 Å². The summed E-state index contributed by atoms with van der Waals surface area (Å²) in [7, 11) is 0. The van der Waals surface area contributed by atoms with Gasteiger partial charge in [0.1, 0.15) is 0 Å². The number of nitrogens with zero attached hydrogens (tertiary/aromatic N) is 1. The summed E-state index contributed by atoms with van der Waals surface area (Å²) < 4.78 is 0. The molecule has 1 N–H and O–H groups in total. The number of fused-ring (bicyclic) bond motifs is 1. The van der Waals surface area contributed by atoms with E-state index in [4.69, 9.17) is 0 Å². The summed E-state index contributed by atoms with van der Waals surface area (Å²) in [5.41, 5.74) is 3.33. The van der Waals surface area contributed by atoms with Crippen molar-refractivity contribution in [3.8, 4) is 0 Å². The monoisotopic (exact) mass is 342 g/mol. The molecule has 2 heterocycles. The molecular weight excluding hydrogens is 312 g/mol. The molecular formula is C21H30N2O2. The zero-order chi connectivity index (χ0) is 17.6. The summed E-state index contributed by atoms with van der Waals surface area (Å²) in [6.07, 6.45) is 8.43. The first kappa shape index (κ1) is 18.0. The van der Waals surface area contributed by atoms with Gasteiger partial charge in [-0.2, -0.15) is 0 Å². The van der Waals surface area contributed by atoms with Crippen LogP contribution in [0.25, 0.3) is 0 Å². The van der Waals surface area contributed by atoms with E-state index < -0.39 is 0 Å². The fourth-order valence-electron chi connectivity index (χ4n) is 3.99. The van der Waals surface area contributed by atoms with Crippen molar-refractivity contribution in [2.75, 3.05) is 25.0 Å². The van der Waals surface area contributed by atoms with Crippen molar-refractivity contribution in [3.05, 3.63) is 29.3 Å². The van der Waals surface area contributed by atoms with Gasteiger partial charge in [-0.25, -0.2) is 0 Å². The number of amides is 1. The molecule has 0 aromatic heterocycles. The van der Waals surface area contributed by atoms with Crippen LogP contribution < -0.4 is 5.32 Å². The molecule has 136 valence electrons. The number of rotatable bonds is 4. The van der Waals surface area contributed by atoms with E-state index in [9.17, 15) is 9.59 Å². The molecule has 1 aromatic carbocycles. The molecule has 1 amide bonds. The highest BCUT2D eigenvalue weighted by Crippen LogP contribution is 2.26. The lowest BCUT2D eigenvalue weighted by Crippen LogP contribution is -2.37. The zero-order valence-electron chi connectivity index (χ0n) is 15.4. The highest BCUT2D eigenvalue weighted by atomic mass is 16.2. The molecule has 0 spiro atoms. The Labute approximate surface area is 151 Å². The van der Waals surface area contributed by atoms with Gasteiger partial charge in [0.2, 0.25) is 5.91 Å². The lowest BCUT2D eigenvalue weighted by molar-refractivity contribution is -0.130. The lowest BCUT2D eigenvalue weighted by atomic mass is 9.90. The van der Waals surface area contributed by atoms with Crippen LogP contribution in [-0.4, -0.2) is 36.2 Å². The minimum atomic E-state index is 0.169. The second kappa shape index (κ2) is 8.50. The molecule has 4 heteroatoms. The zero-order valence-corrected chi connectivity index (χ0v) is 15.4. The minimum absolute atomic E-state index is 0.169. The van der Waals surface area contributed by atoms with E-state index in [1.807, 2.05) is 11.0 Å². The molecule has 1 saturated heterocycles. The van der Waals surface area contributed by atoms with E-state index in [2.05, 4.69) is 17.4 Å². The van der Waals surface area contributed by atoms with Crippen molar-refractivity contribution in [2.24, 2.45) is 5.92 Å². The summed E-state index contributed by atoms with van der Waals surface area (Å²) in [6, 6.07) is 6.19. The van der Waals surface area contributed by atoms with E-state index in [1.54, 1.807) is 6.92 Å². The Morgan fingerprint density at radius 1 is 1.16 bits per heavy atom. The number of piperidine rings is 1. The normalized spacial score (nSPS) is 18.7. The Kier molecular flexibility index (Phi) is 6.11. The number of carbonyl (C=O) groups excluding carboxylic acids is 2. The van der Waals surface area contributed by atoms with Crippen LogP contribution in [0, 0.1) is 5.92 Å². The maximum absolute atomic E-state index is 12.6. The van der Waals surface area contributed by atoms with Gasteiger partial charge in [0.15, 0.2) is 5.78 Å². The lowest BCUT2D eigenvalue weighted by Gasteiger charge is -2.31. The molecule has 2 aliphatic heterocycles. The molecule has 25 heavy (non-hydrogen) atoms. The van der Waals surface area contributed by atoms with E-state index in [0.29, 0.717) is 12.3 Å². The summed E-state index contributed by atoms with van der Waals surface area (Å²) in [5, 5.41) is 3.49. The van der Waals surface area contributed by atoms with E-state index in [1.165, 1.54) is 24.8 Å². The molecule has 1 aromatic rings. The van der Waals surface area contributed by atoms with Gasteiger partial charge < -0.3 is 10.2 Å². The Hall–Kier alpha value is -1.84. The molecule has 1 fully saturated rings. The van der Waals surface area contributed by atoms with Gasteiger partial charge in [-0.1, -0.05) is 18.6 Å². The topological polar surface area (TPSA) is 49.4 Å². The van der Waals surface area contributed by atoms with Crippen LogP contribution in [-0.2, 0) is 11.2 Å². The predicted octanol–water partition coefficient (Wildman–Crippen LogP) is 4.05. The van der Waals surface area contributed by atoms with Crippen LogP contribution in [0.5, 0.6) is 0 Å². The highest BCUT2D eigenvalue weighted by Gasteiger charge is 2.21. The Balaban J connectivity index is 1.53. The fraction of sp³-hybridized carbons (Fsp3) is 0.619. The number of hydrogen-bond donors (Lipinski definition) is 1. The van der Waals surface area contributed by atoms with Crippen molar-refractivity contribution in [2.45, 2.75) is 58.3 Å². The van der Waals surface area contributed by atoms with Crippen LogP contribution in [0.1, 0.15) is 67.8 Å². The van der Waals surface area contributed by atoms with Gasteiger partial charge in [0.05, 0.1) is 0 Å². The van der Waals surface area contributed by atoms with Crippen LogP contribution in [0.2, 0.25) is 0 Å². The number of nitrogens with one attached hydrogen (secondary N) is 1. The number of likely N-dealkylation sites (tertiary alicyclic amines) is 1. The van der Waals surface area contributed by atoms with Crippen LogP contribution in [0.15, 0.2) is 18.2 Å². The van der Waals surface area contributed by atoms with Crippen molar-refractivity contribution >= 4 is 17.4 Å². The highest BCUT2D eigenvalue weighted by molar-refractivity contribution is 5.97. The minimum Gasteiger partial charge on any atom is -0.385 e. The fourth-order valence-corrected chi connectivity index (χ4v) is 3.99. The quantitative estimate of drug-likeness (QED) is 0.840. The number of benzene rings is 1. The average Bonchev–Trinajstić information content (AvgIpc) is 2.60. The standard InChI is InChI=1S/C21H30N2O2/c1-16(24)23-13-10-17(11-14-23)6-9-21(25)19-8-7-18-5-3-2-4-12-22-20(18)15-19/h7-8,15,17,22H,2-6,9-14H2,1H3. The molecule has 3 rings (SSSR count). The molecule has 0 aliphatic carbocycles. The number of hydrogen-bond acceptors (Lipinski definition) is 3. The summed E-state index contributed by atoms with van der Waals surface area (Å²) in [5.74, 6) is 0.991. The number of carbonyl (C=O) groups is 2. The molecule has 0 saturated carbocycles. The second-order valence-electron chi connectivity index (χ2n) is 7.52. The number of ketones is 1. The van der Waals surface area contributed by atoms with Gasteiger partial charge in [-0.3, -0.25) is 9.59 Å². The third-order valence-corrected chi connectivity index (χ3v) is 5.71. The molecule has 2 aliphatic rings. The first-order valence-electron chi connectivity index (χ1n) is 9.79. The first-order valence-corrected chi connectivity index (χ1v) is 9.79. The second-order valence-corrected chi connectivity index (χ2v) is 7.52. The summed E-state index contributed by atoms with van der Waals surface area (Å²) in [4.78, 5) is 25.9. The molecule has 0 bridgehead atoms. The van der Waals surface area contributed by atoms with Crippen LogP contribution >= 0.6 is 0 Å². The van der Waals surface area contributed by atoms with Gasteiger partial charge >= 0.3 is 0 Å². The Morgan fingerprint density at radius 2 is 1.96 bits per heavy atom. The molecule has 0 unspecified atom stereocenters. The number of anilines is 1. The Morgan fingerprint density at radius 3 is 2.72 bits per heavy atom. The predicted molar refractivity (Wildman–Crippen MR) is 101 cm³/mol. The average molecular weight is 342 g/mol. The molecule has 4 nitrogen and oxygen atoms in total. The van der Waals surface area contributed by atoms with Crippen molar-refractivity contribution < 1.29 is 9.59 Å². The molecule has 0 radical (unpaired) electrons. The van der Waals surface area contributed by atoms with E-state index in [0.717, 1.165) is 56.6 Å². The smallest absolute Gasteiger partial charge is 0.219 e. The molecule has 0 atom stereocenters. The van der Waals surface area contributed by atoms with Crippen molar-refractivity contribution in [1.82, 2.24) is 4.90 Å². The largest absolute Gasteiger partial charge is 0.385 e. The number of aryl methyl sites for hydroxylation is 1. The van der Waals surface area contributed by atoms with Gasteiger partial charge in [0.25, 0.3) is 0 Å². The van der Waals surface area contributed by atoms with Gasteiger partial charge in [-0.05, 0) is 56.1 Å².